The lowest BCUT2D eigenvalue weighted by atomic mass is 9.58. The van der Waals surface area contributed by atoms with E-state index >= 15 is 0 Å². The van der Waals surface area contributed by atoms with Crippen molar-refractivity contribution in [2.24, 2.45) is 17.1 Å². The molecule has 1 amide bonds. The van der Waals surface area contributed by atoms with Crippen LogP contribution in [0.3, 0.4) is 0 Å². The van der Waals surface area contributed by atoms with Crippen molar-refractivity contribution in [1.29, 1.82) is 15.8 Å². The molecule has 0 fully saturated rings. The van der Waals surface area contributed by atoms with Gasteiger partial charge in [-0.3, -0.25) is 0 Å². The number of fused-ring (bicyclic) bond motifs is 1. The minimum Gasteiger partial charge on any atom is -0.450 e. The number of carbonyl (C=O) groups excluding carboxylic acids is 1. The summed E-state index contributed by atoms with van der Waals surface area (Å²) in [4.78, 5) is 13.7. The number of thiophene rings is 1. The molecule has 1 aliphatic heterocycles. The molecule has 2 N–H and O–H groups in total. The van der Waals surface area contributed by atoms with Crippen molar-refractivity contribution < 1.29 is 9.53 Å². The fourth-order valence-corrected chi connectivity index (χ4v) is 4.57. The molecule has 0 aromatic carbocycles. The zero-order chi connectivity index (χ0) is 19.6. The second-order valence-corrected chi connectivity index (χ2v) is 7.12. The van der Waals surface area contributed by atoms with Crippen LogP contribution in [0.15, 0.2) is 39.7 Å². The van der Waals surface area contributed by atoms with E-state index in [2.05, 4.69) is 18.2 Å². The Kier molecular flexibility index (Phi) is 4.90. The monoisotopic (exact) mass is 379 g/mol. The van der Waals surface area contributed by atoms with Crippen molar-refractivity contribution in [3.63, 3.8) is 0 Å². The Bertz CT molecular complexity index is 928. The molecule has 1 aliphatic carbocycles. The summed E-state index contributed by atoms with van der Waals surface area (Å²) in [7, 11) is 0. The third-order valence-corrected chi connectivity index (χ3v) is 5.79. The van der Waals surface area contributed by atoms with E-state index in [0.29, 0.717) is 5.57 Å². The van der Waals surface area contributed by atoms with E-state index in [1.807, 2.05) is 16.8 Å². The van der Waals surface area contributed by atoms with Gasteiger partial charge in [-0.1, -0.05) is 6.08 Å². The quantitative estimate of drug-likeness (QED) is 0.841. The number of hydrogen-bond acceptors (Lipinski definition) is 7. The van der Waals surface area contributed by atoms with Gasteiger partial charge in [0.2, 0.25) is 0 Å². The standard InChI is InChI=1S/C19H17N5O2S/c1-2-26-18(25)24-5-3-13-14(7-20)17(23)19(10-21,11-22)16(15(13)8-24)12-4-6-27-9-12/h3-4,6,9,15-16H,2,5,8,23H2,1H3/t15-,16-/m0/s1. The average molecular weight is 379 g/mol. The molecule has 2 atom stereocenters. The molecule has 27 heavy (non-hydrogen) atoms. The second-order valence-electron chi connectivity index (χ2n) is 6.34. The molecule has 3 rings (SSSR count). The summed E-state index contributed by atoms with van der Waals surface area (Å²) in [5, 5.41) is 33.2. The van der Waals surface area contributed by atoms with Crippen molar-refractivity contribution in [2.45, 2.75) is 12.8 Å². The maximum atomic E-state index is 12.2. The van der Waals surface area contributed by atoms with Gasteiger partial charge in [-0.15, -0.1) is 0 Å². The normalized spacial score (nSPS) is 23.3. The minimum absolute atomic E-state index is 0.0155. The molecule has 0 saturated heterocycles. The summed E-state index contributed by atoms with van der Waals surface area (Å²) in [5.41, 5.74) is 6.16. The lowest BCUT2D eigenvalue weighted by Crippen LogP contribution is -2.49. The minimum atomic E-state index is -1.67. The van der Waals surface area contributed by atoms with Crippen LogP contribution in [0.1, 0.15) is 18.4 Å². The Morgan fingerprint density at radius 3 is 2.74 bits per heavy atom. The fraction of sp³-hybridized carbons (Fsp3) is 0.368. The summed E-state index contributed by atoms with van der Waals surface area (Å²) in [6.07, 6.45) is 1.31. The zero-order valence-corrected chi connectivity index (χ0v) is 15.5. The summed E-state index contributed by atoms with van der Waals surface area (Å²) in [6.45, 7) is 2.51. The maximum absolute atomic E-state index is 12.2. The summed E-state index contributed by atoms with van der Waals surface area (Å²) < 4.78 is 5.09. The first-order chi connectivity index (χ1) is 13.0. The third-order valence-electron chi connectivity index (χ3n) is 5.09. The van der Waals surface area contributed by atoms with Crippen LogP contribution in [0, 0.1) is 45.3 Å². The van der Waals surface area contributed by atoms with Crippen molar-refractivity contribution in [2.75, 3.05) is 19.7 Å². The number of rotatable bonds is 2. The van der Waals surface area contributed by atoms with Gasteiger partial charge in [0.1, 0.15) is 6.07 Å². The zero-order valence-electron chi connectivity index (χ0n) is 14.7. The molecule has 1 aromatic rings. The van der Waals surface area contributed by atoms with Gasteiger partial charge >= 0.3 is 6.09 Å². The van der Waals surface area contributed by atoms with E-state index < -0.39 is 23.3 Å². The van der Waals surface area contributed by atoms with Crippen LogP contribution < -0.4 is 5.73 Å². The SMILES string of the molecule is CCOC(=O)N1CC=C2C(C#N)=C(N)C(C#N)(C#N)[C@@H](c3ccsc3)[C@H]2C1. The first-order valence-electron chi connectivity index (χ1n) is 8.41. The second kappa shape index (κ2) is 7.15. The van der Waals surface area contributed by atoms with E-state index in [9.17, 15) is 20.6 Å². The predicted octanol–water partition coefficient (Wildman–Crippen LogP) is 2.63. The number of nitrogens with zero attached hydrogens (tertiary/aromatic N) is 4. The lowest BCUT2D eigenvalue weighted by Gasteiger charge is -2.45. The van der Waals surface area contributed by atoms with E-state index in [1.165, 1.54) is 16.2 Å². The molecule has 2 aliphatic rings. The fourth-order valence-electron chi connectivity index (χ4n) is 3.87. The van der Waals surface area contributed by atoms with Crippen molar-refractivity contribution in [3.05, 3.63) is 45.3 Å². The molecule has 0 saturated carbocycles. The van der Waals surface area contributed by atoms with Crippen LogP contribution in [0.25, 0.3) is 0 Å². The average Bonchev–Trinajstić information content (AvgIpc) is 3.21. The van der Waals surface area contributed by atoms with Crippen LogP contribution in [0.5, 0.6) is 0 Å². The van der Waals surface area contributed by atoms with Crippen molar-refractivity contribution in [3.8, 4) is 18.2 Å². The number of carbonyl (C=O) groups is 1. The Morgan fingerprint density at radius 2 is 2.19 bits per heavy atom. The van der Waals surface area contributed by atoms with Crippen molar-refractivity contribution >= 4 is 17.4 Å². The molecule has 2 heterocycles. The molecule has 7 nitrogen and oxygen atoms in total. The van der Waals surface area contributed by atoms with Gasteiger partial charge in [0.05, 0.1) is 30.0 Å². The van der Waals surface area contributed by atoms with Gasteiger partial charge in [0.25, 0.3) is 0 Å². The number of amides is 1. The van der Waals surface area contributed by atoms with E-state index in [0.717, 1.165) is 5.56 Å². The van der Waals surface area contributed by atoms with Crippen LogP contribution >= 0.6 is 11.3 Å². The van der Waals surface area contributed by atoms with Crippen LogP contribution in [-0.4, -0.2) is 30.7 Å². The van der Waals surface area contributed by atoms with Gasteiger partial charge < -0.3 is 15.4 Å². The van der Waals surface area contributed by atoms with Gasteiger partial charge in [-0.05, 0) is 34.9 Å². The highest BCUT2D eigenvalue weighted by Crippen LogP contribution is 2.54. The maximum Gasteiger partial charge on any atom is 0.410 e. The van der Waals surface area contributed by atoms with Crippen molar-refractivity contribution in [1.82, 2.24) is 4.90 Å². The number of hydrogen-bond donors (Lipinski definition) is 1. The van der Waals surface area contributed by atoms with Crippen LogP contribution in [-0.2, 0) is 4.74 Å². The van der Waals surface area contributed by atoms with Gasteiger partial charge in [-0.25, -0.2) is 4.79 Å². The summed E-state index contributed by atoms with van der Waals surface area (Å²) in [5.74, 6) is -0.988. The number of nitrogens with two attached hydrogens (primary N) is 1. The van der Waals surface area contributed by atoms with Gasteiger partial charge in [0.15, 0.2) is 5.41 Å². The van der Waals surface area contributed by atoms with Gasteiger partial charge in [0, 0.05) is 24.9 Å². The van der Waals surface area contributed by atoms with E-state index in [1.54, 1.807) is 13.0 Å². The highest BCUT2D eigenvalue weighted by molar-refractivity contribution is 7.08. The third kappa shape index (κ3) is 2.73. The number of allylic oxidation sites excluding steroid dienone is 2. The van der Waals surface area contributed by atoms with E-state index in [4.69, 9.17) is 10.5 Å². The van der Waals surface area contributed by atoms with Gasteiger partial charge in [-0.2, -0.15) is 27.1 Å². The smallest absolute Gasteiger partial charge is 0.410 e. The lowest BCUT2D eigenvalue weighted by molar-refractivity contribution is 0.0999. The number of ether oxygens (including phenoxy) is 1. The molecule has 136 valence electrons. The molecule has 1 aromatic heterocycles. The Morgan fingerprint density at radius 1 is 1.44 bits per heavy atom. The Labute approximate surface area is 161 Å². The Hall–Kier alpha value is -3.28. The first kappa shape index (κ1) is 18.5. The highest BCUT2D eigenvalue weighted by Gasteiger charge is 2.54. The first-order valence-corrected chi connectivity index (χ1v) is 9.35. The highest BCUT2D eigenvalue weighted by atomic mass is 32.1. The van der Waals surface area contributed by atoms with Crippen LogP contribution in [0.2, 0.25) is 0 Å². The van der Waals surface area contributed by atoms with E-state index in [-0.39, 0.29) is 31.0 Å². The number of nitriles is 3. The molecular weight excluding hydrogens is 362 g/mol. The largest absolute Gasteiger partial charge is 0.450 e. The Balaban J connectivity index is 2.20. The summed E-state index contributed by atoms with van der Waals surface area (Å²) >= 11 is 1.45. The molecule has 8 heteroatoms. The summed E-state index contributed by atoms with van der Waals surface area (Å²) in [6, 6.07) is 8.05. The topological polar surface area (TPSA) is 127 Å². The molecular formula is C19H17N5O2S. The van der Waals surface area contributed by atoms with Crippen LogP contribution in [0.4, 0.5) is 4.79 Å². The molecule has 0 radical (unpaired) electrons. The predicted molar refractivity (Wildman–Crippen MR) is 97.7 cm³/mol. The molecule has 0 spiro atoms. The molecule has 0 bridgehead atoms. The molecule has 0 unspecified atom stereocenters.